The average Bonchev–Trinajstić information content (AvgIpc) is 2.80. The van der Waals surface area contributed by atoms with Gasteiger partial charge in [0.25, 0.3) is 5.56 Å². The molecule has 2 heterocycles. The number of amides is 1. The van der Waals surface area contributed by atoms with Crippen LogP contribution in [-0.2, 0) is 24.3 Å². The molecule has 2 aromatic carbocycles. The van der Waals surface area contributed by atoms with Gasteiger partial charge in [0, 0.05) is 39.0 Å². The van der Waals surface area contributed by atoms with Gasteiger partial charge in [0.05, 0.1) is 17.0 Å². The second-order valence-electron chi connectivity index (χ2n) is 8.48. The lowest BCUT2D eigenvalue weighted by Gasteiger charge is -2.29. The minimum atomic E-state index is -0.150. The number of aromatic amines is 1. The summed E-state index contributed by atoms with van der Waals surface area (Å²) >= 11 is 0. The summed E-state index contributed by atoms with van der Waals surface area (Å²) in [5.41, 5.74) is 2.85. The van der Waals surface area contributed by atoms with E-state index in [9.17, 15) is 14.7 Å². The molecule has 1 aliphatic heterocycles. The van der Waals surface area contributed by atoms with E-state index in [4.69, 9.17) is 0 Å². The van der Waals surface area contributed by atoms with E-state index < -0.39 is 0 Å². The van der Waals surface area contributed by atoms with Crippen LogP contribution in [0, 0.1) is 0 Å². The smallest absolute Gasteiger partial charge is 0.258 e. The number of nitrogens with one attached hydrogen (secondary N) is 2. The number of H-pyrrole nitrogens is 1. The van der Waals surface area contributed by atoms with Gasteiger partial charge in [-0.25, -0.2) is 4.98 Å². The molecule has 3 aromatic rings. The van der Waals surface area contributed by atoms with Gasteiger partial charge in [0.1, 0.15) is 5.82 Å². The molecule has 0 radical (unpaired) electrons. The summed E-state index contributed by atoms with van der Waals surface area (Å²) < 4.78 is 0. The quantitative estimate of drug-likeness (QED) is 0.506. The van der Waals surface area contributed by atoms with Gasteiger partial charge in [-0.1, -0.05) is 36.4 Å². The summed E-state index contributed by atoms with van der Waals surface area (Å²) in [5, 5.41) is 13.2. The minimum absolute atomic E-state index is 0.0101. The number of piperidine rings is 1. The Kier molecular flexibility index (Phi) is 7.29. The molecule has 1 fully saturated rings. The molecule has 1 amide bonds. The van der Waals surface area contributed by atoms with Gasteiger partial charge in [0.15, 0.2) is 0 Å². The molecule has 32 heavy (non-hydrogen) atoms. The molecule has 4 rings (SSSR count). The lowest BCUT2D eigenvalue weighted by atomic mass is 10.1. The highest BCUT2D eigenvalue weighted by atomic mass is 16.3. The number of rotatable bonds is 8. The van der Waals surface area contributed by atoms with Gasteiger partial charge in [0.2, 0.25) is 5.91 Å². The predicted octanol–water partition coefficient (Wildman–Crippen LogP) is 2.52. The van der Waals surface area contributed by atoms with Crippen LogP contribution in [0.4, 0.5) is 0 Å². The molecule has 0 spiro atoms. The second-order valence-corrected chi connectivity index (χ2v) is 8.48. The SMILES string of the molecule is O=C(CCCc1nc2ccccc2c(=O)[nH]1)NCc1ccc(CN2CCC(O)CC2)cc1. The Morgan fingerprint density at radius 2 is 1.81 bits per heavy atom. The van der Waals surface area contributed by atoms with Crippen LogP contribution in [0.3, 0.4) is 0 Å². The fourth-order valence-electron chi connectivity index (χ4n) is 4.06. The maximum atomic E-state index is 12.2. The summed E-state index contributed by atoms with van der Waals surface area (Å²) in [6.07, 6.45) is 3.10. The standard InChI is InChI=1S/C25H30N4O3/c30-20-12-14-29(15-13-20)17-19-10-8-18(9-11-19)16-26-24(31)7-3-6-23-27-22-5-2-1-4-21(22)25(32)28-23/h1-2,4-5,8-11,20,30H,3,6-7,12-17H2,(H,26,31)(H,27,28,32). The molecule has 168 valence electrons. The van der Waals surface area contributed by atoms with Crippen LogP contribution in [0.25, 0.3) is 10.9 Å². The minimum Gasteiger partial charge on any atom is -0.393 e. The highest BCUT2D eigenvalue weighted by Gasteiger charge is 2.16. The zero-order valence-corrected chi connectivity index (χ0v) is 18.2. The van der Waals surface area contributed by atoms with E-state index in [2.05, 4.69) is 44.5 Å². The molecule has 0 bridgehead atoms. The number of carbonyl (C=O) groups excluding carboxylic acids is 1. The Morgan fingerprint density at radius 3 is 2.59 bits per heavy atom. The molecule has 7 heteroatoms. The molecule has 0 atom stereocenters. The summed E-state index contributed by atoms with van der Waals surface area (Å²) in [6.45, 7) is 3.26. The largest absolute Gasteiger partial charge is 0.393 e. The van der Waals surface area contributed by atoms with E-state index in [1.165, 1.54) is 5.56 Å². The van der Waals surface area contributed by atoms with E-state index in [1.807, 2.05) is 18.2 Å². The van der Waals surface area contributed by atoms with Gasteiger partial charge in [-0.15, -0.1) is 0 Å². The molecule has 0 aliphatic carbocycles. The number of benzene rings is 2. The van der Waals surface area contributed by atoms with E-state index in [0.717, 1.165) is 38.0 Å². The number of nitrogens with zero attached hydrogens (tertiary/aromatic N) is 2. The normalized spacial score (nSPS) is 15.2. The zero-order valence-electron chi connectivity index (χ0n) is 18.2. The molecular formula is C25H30N4O3. The summed E-state index contributed by atoms with van der Waals surface area (Å²) in [4.78, 5) is 34.0. The Morgan fingerprint density at radius 1 is 1.09 bits per heavy atom. The molecule has 0 unspecified atom stereocenters. The van der Waals surface area contributed by atoms with Crippen molar-refractivity contribution in [2.24, 2.45) is 0 Å². The molecule has 3 N–H and O–H groups in total. The van der Waals surface area contributed by atoms with Crippen molar-refractivity contribution in [1.29, 1.82) is 0 Å². The molecule has 0 saturated carbocycles. The number of aliphatic hydroxyl groups excluding tert-OH is 1. The first-order valence-corrected chi connectivity index (χ1v) is 11.3. The summed E-state index contributed by atoms with van der Waals surface area (Å²) in [7, 11) is 0. The number of hydrogen-bond donors (Lipinski definition) is 3. The van der Waals surface area contributed by atoms with Crippen molar-refractivity contribution in [1.82, 2.24) is 20.2 Å². The maximum Gasteiger partial charge on any atom is 0.258 e. The van der Waals surface area contributed by atoms with Gasteiger partial charge in [-0.2, -0.15) is 0 Å². The highest BCUT2D eigenvalue weighted by molar-refractivity contribution is 5.77. The molecular weight excluding hydrogens is 404 g/mol. The molecule has 1 aromatic heterocycles. The van der Waals surface area contributed by atoms with Crippen LogP contribution in [0.1, 0.15) is 42.6 Å². The van der Waals surface area contributed by atoms with E-state index in [-0.39, 0.29) is 17.6 Å². The van der Waals surface area contributed by atoms with E-state index >= 15 is 0 Å². The van der Waals surface area contributed by atoms with Crippen LogP contribution < -0.4 is 10.9 Å². The van der Waals surface area contributed by atoms with Crippen LogP contribution >= 0.6 is 0 Å². The first-order valence-electron chi connectivity index (χ1n) is 11.3. The van der Waals surface area contributed by atoms with E-state index in [0.29, 0.717) is 42.5 Å². The van der Waals surface area contributed by atoms with Crippen molar-refractivity contribution in [3.63, 3.8) is 0 Å². The Labute approximate surface area is 187 Å². The Hall–Kier alpha value is -3.03. The molecule has 7 nitrogen and oxygen atoms in total. The first-order chi connectivity index (χ1) is 15.6. The first kappa shape index (κ1) is 22.2. The Bertz CT molecular complexity index is 1100. The molecule has 1 aliphatic rings. The summed E-state index contributed by atoms with van der Waals surface area (Å²) in [5.74, 6) is 0.601. The van der Waals surface area contributed by atoms with Crippen molar-refractivity contribution in [3.8, 4) is 0 Å². The van der Waals surface area contributed by atoms with E-state index in [1.54, 1.807) is 6.07 Å². The monoisotopic (exact) mass is 434 g/mol. The number of aliphatic hydroxyl groups is 1. The average molecular weight is 435 g/mol. The fourth-order valence-corrected chi connectivity index (χ4v) is 4.06. The topological polar surface area (TPSA) is 98.3 Å². The third kappa shape index (κ3) is 6.02. The van der Waals surface area contributed by atoms with Gasteiger partial charge < -0.3 is 15.4 Å². The number of fused-ring (bicyclic) bond motifs is 1. The lowest BCUT2D eigenvalue weighted by molar-refractivity contribution is -0.121. The highest BCUT2D eigenvalue weighted by Crippen LogP contribution is 2.14. The summed E-state index contributed by atoms with van der Waals surface area (Å²) in [6, 6.07) is 15.6. The van der Waals surface area contributed by atoms with Crippen molar-refractivity contribution in [2.75, 3.05) is 13.1 Å². The van der Waals surface area contributed by atoms with Gasteiger partial charge >= 0.3 is 0 Å². The van der Waals surface area contributed by atoms with Crippen LogP contribution in [0.15, 0.2) is 53.3 Å². The van der Waals surface area contributed by atoms with Crippen molar-refractivity contribution < 1.29 is 9.90 Å². The van der Waals surface area contributed by atoms with Crippen molar-refractivity contribution in [2.45, 2.75) is 51.3 Å². The number of para-hydroxylation sites is 1. The van der Waals surface area contributed by atoms with Crippen LogP contribution in [0.5, 0.6) is 0 Å². The lowest BCUT2D eigenvalue weighted by Crippen LogP contribution is -2.35. The van der Waals surface area contributed by atoms with Gasteiger partial charge in [-0.3, -0.25) is 14.5 Å². The second kappa shape index (κ2) is 10.5. The van der Waals surface area contributed by atoms with Crippen LogP contribution in [-0.4, -0.2) is 45.1 Å². The Balaban J connectivity index is 1.19. The van der Waals surface area contributed by atoms with Crippen molar-refractivity contribution in [3.05, 3.63) is 75.8 Å². The number of carbonyl (C=O) groups is 1. The zero-order chi connectivity index (χ0) is 22.3. The fraction of sp³-hybridized carbons (Fsp3) is 0.400. The van der Waals surface area contributed by atoms with Gasteiger partial charge in [-0.05, 0) is 42.5 Å². The number of likely N-dealkylation sites (tertiary alicyclic amines) is 1. The number of aryl methyl sites for hydroxylation is 1. The molecule has 1 saturated heterocycles. The number of aromatic nitrogens is 2. The maximum absolute atomic E-state index is 12.2. The predicted molar refractivity (Wildman–Crippen MR) is 124 cm³/mol. The van der Waals surface area contributed by atoms with Crippen LogP contribution in [0.2, 0.25) is 0 Å². The third-order valence-electron chi connectivity index (χ3n) is 5.96. The third-order valence-corrected chi connectivity index (χ3v) is 5.96. The van der Waals surface area contributed by atoms with Crippen molar-refractivity contribution >= 4 is 16.8 Å². The number of hydrogen-bond acceptors (Lipinski definition) is 5.